The van der Waals surface area contributed by atoms with Gasteiger partial charge in [0.15, 0.2) is 0 Å². The van der Waals surface area contributed by atoms with Gasteiger partial charge >= 0.3 is 5.97 Å². The van der Waals surface area contributed by atoms with Gasteiger partial charge in [-0.05, 0) is 6.07 Å². The second-order valence-corrected chi connectivity index (χ2v) is 3.56. The molecule has 1 heterocycles. The lowest BCUT2D eigenvalue weighted by molar-refractivity contribution is 0.0699. The van der Waals surface area contributed by atoms with Crippen molar-refractivity contribution >= 4 is 28.5 Å². The van der Waals surface area contributed by atoms with Gasteiger partial charge in [0, 0.05) is 12.4 Å². The number of phenols is 1. The minimum absolute atomic E-state index is 0.0180. The van der Waals surface area contributed by atoms with Gasteiger partial charge in [0.25, 0.3) is 0 Å². The zero-order chi connectivity index (χ0) is 11.2. The van der Waals surface area contributed by atoms with Crippen molar-refractivity contribution in [2.75, 3.05) is 0 Å². The Morgan fingerprint density at radius 2 is 2.13 bits per heavy atom. The van der Waals surface area contributed by atoms with Crippen molar-refractivity contribution < 1.29 is 15.0 Å². The number of carbonyl (C=O) groups is 1. The molecule has 2 rings (SSSR count). The molecule has 0 aliphatic heterocycles. The van der Waals surface area contributed by atoms with Crippen LogP contribution in [0.1, 0.15) is 10.4 Å². The number of aromatic hydroxyl groups is 1. The highest BCUT2D eigenvalue weighted by Crippen LogP contribution is 2.33. The van der Waals surface area contributed by atoms with Gasteiger partial charge in [-0.1, -0.05) is 23.7 Å². The van der Waals surface area contributed by atoms with Crippen LogP contribution in [0.5, 0.6) is 5.75 Å². The number of halogens is 1. The van der Waals surface area contributed by atoms with Crippen LogP contribution in [0.15, 0.2) is 18.2 Å². The summed E-state index contributed by atoms with van der Waals surface area (Å²) in [5, 5.41) is 19.1. The number of carboxylic acids is 1. The highest BCUT2D eigenvalue weighted by atomic mass is 35.5. The number of nitrogens with zero attached hydrogens (tertiary/aromatic N) is 1. The summed E-state index contributed by atoms with van der Waals surface area (Å²) in [4.78, 5) is 11.0. The SMILES string of the molecule is Cn1c(Cl)c(C(=O)O)c2cccc(O)c21. The molecule has 78 valence electrons. The molecule has 15 heavy (non-hydrogen) atoms. The average Bonchev–Trinajstić information content (AvgIpc) is 2.41. The molecule has 0 radical (unpaired) electrons. The van der Waals surface area contributed by atoms with E-state index in [0.717, 1.165) is 0 Å². The third kappa shape index (κ3) is 1.26. The molecule has 1 aromatic heterocycles. The quantitative estimate of drug-likeness (QED) is 0.782. The van der Waals surface area contributed by atoms with Gasteiger partial charge in [0.2, 0.25) is 0 Å². The van der Waals surface area contributed by atoms with Crippen LogP contribution in [0, 0.1) is 0 Å². The van der Waals surface area contributed by atoms with E-state index in [1.165, 1.54) is 10.6 Å². The highest BCUT2D eigenvalue weighted by Gasteiger charge is 2.20. The maximum atomic E-state index is 11.0. The summed E-state index contributed by atoms with van der Waals surface area (Å²) < 4.78 is 1.45. The van der Waals surface area contributed by atoms with Gasteiger partial charge in [0.1, 0.15) is 16.5 Å². The summed E-state index contributed by atoms with van der Waals surface area (Å²) >= 11 is 5.87. The van der Waals surface area contributed by atoms with Crippen LogP contribution in [0.2, 0.25) is 5.15 Å². The van der Waals surface area contributed by atoms with E-state index in [1.54, 1.807) is 19.2 Å². The first kappa shape index (κ1) is 9.86. The predicted octanol–water partition coefficient (Wildman–Crippen LogP) is 2.24. The van der Waals surface area contributed by atoms with Gasteiger partial charge in [-0.25, -0.2) is 4.79 Å². The van der Waals surface area contributed by atoms with Crippen LogP contribution < -0.4 is 0 Å². The number of rotatable bonds is 1. The molecule has 1 aromatic carbocycles. The van der Waals surface area contributed by atoms with E-state index in [0.29, 0.717) is 10.9 Å². The molecule has 4 nitrogen and oxygen atoms in total. The third-order valence-electron chi connectivity index (χ3n) is 2.33. The lowest BCUT2D eigenvalue weighted by Gasteiger charge is -1.98. The Labute approximate surface area is 90.3 Å². The van der Waals surface area contributed by atoms with Crippen LogP contribution in [0.25, 0.3) is 10.9 Å². The van der Waals surface area contributed by atoms with Crippen molar-refractivity contribution in [3.63, 3.8) is 0 Å². The molecule has 0 amide bonds. The van der Waals surface area contributed by atoms with Gasteiger partial charge in [0.05, 0.1) is 5.52 Å². The fraction of sp³-hybridized carbons (Fsp3) is 0.100. The van der Waals surface area contributed by atoms with Crippen molar-refractivity contribution in [2.24, 2.45) is 7.05 Å². The van der Waals surface area contributed by atoms with Crippen LogP contribution in [-0.2, 0) is 7.05 Å². The van der Waals surface area contributed by atoms with Gasteiger partial charge in [-0.15, -0.1) is 0 Å². The first-order valence-corrected chi connectivity index (χ1v) is 4.61. The fourth-order valence-corrected chi connectivity index (χ4v) is 1.93. The van der Waals surface area contributed by atoms with Crippen molar-refractivity contribution in [2.45, 2.75) is 0 Å². The Balaban J connectivity index is 3.00. The maximum Gasteiger partial charge on any atom is 0.339 e. The number of phenolic OH excluding ortho intramolecular Hbond substituents is 1. The molecule has 5 heteroatoms. The fourth-order valence-electron chi connectivity index (χ4n) is 1.67. The monoisotopic (exact) mass is 225 g/mol. The van der Waals surface area contributed by atoms with E-state index < -0.39 is 5.97 Å². The first-order valence-electron chi connectivity index (χ1n) is 4.23. The Hall–Kier alpha value is -1.68. The Morgan fingerprint density at radius 1 is 1.47 bits per heavy atom. The van der Waals surface area contributed by atoms with E-state index in [1.807, 2.05) is 0 Å². The number of aromatic carboxylic acids is 1. The lowest BCUT2D eigenvalue weighted by atomic mass is 10.1. The molecular formula is C10H8ClNO3. The Kier molecular flexibility index (Phi) is 2.08. The predicted molar refractivity (Wildman–Crippen MR) is 56.6 cm³/mol. The molecule has 0 aliphatic carbocycles. The molecule has 0 saturated carbocycles. The third-order valence-corrected chi connectivity index (χ3v) is 2.78. The average molecular weight is 226 g/mol. The Bertz CT molecular complexity index is 559. The van der Waals surface area contributed by atoms with Crippen LogP contribution in [0.4, 0.5) is 0 Å². The number of hydrogen-bond donors (Lipinski definition) is 2. The minimum Gasteiger partial charge on any atom is -0.506 e. The lowest BCUT2D eigenvalue weighted by Crippen LogP contribution is -1.96. The number of fused-ring (bicyclic) bond motifs is 1. The van der Waals surface area contributed by atoms with Crippen molar-refractivity contribution in [3.8, 4) is 5.75 Å². The molecule has 2 aromatic rings. The summed E-state index contributed by atoms with van der Waals surface area (Å²) in [7, 11) is 1.61. The topological polar surface area (TPSA) is 62.5 Å². The van der Waals surface area contributed by atoms with Gasteiger partial charge in [-0.3, -0.25) is 0 Å². The van der Waals surface area contributed by atoms with Crippen molar-refractivity contribution in [1.29, 1.82) is 0 Å². The largest absolute Gasteiger partial charge is 0.506 e. The van der Waals surface area contributed by atoms with Crippen LogP contribution >= 0.6 is 11.6 Å². The Morgan fingerprint density at radius 3 is 2.73 bits per heavy atom. The molecule has 0 aliphatic rings. The second kappa shape index (κ2) is 3.17. The molecule has 0 bridgehead atoms. The zero-order valence-corrected chi connectivity index (χ0v) is 8.62. The number of aryl methyl sites for hydroxylation is 1. The molecule has 0 saturated heterocycles. The van der Waals surface area contributed by atoms with E-state index in [9.17, 15) is 9.90 Å². The summed E-state index contributed by atoms with van der Waals surface area (Å²) in [6.07, 6.45) is 0. The smallest absolute Gasteiger partial charge is 0.339 e. The number of benzene rings is 1. The molecule has 0 spiro atoms. The molecular weight excluding hydrogens is 218 g/mol. The van der Waals surface area contributed by atoms with Crippen molar-refractivity contribution in [3.05, 3.63) is 28.9 Å². The molecule has 2 N–H and O–H groups in total. The summed E-state index contributed by atoms with van der Waals surface area (Å²) in [5.74, 6) is -1.08. The molecule has 0 fully saturated rings. The molecule has 0 atom stereocenters. The zero-order valence-electron chi connectivity index (χ0n) is 7.86. The standard InChI is InChI=1S/C10H8ClNO3/c1-12-8-5(3-2-4-6(8)13)7(9(12)11)10(14)15/h2-4,13H,1H3,(H,14,15). The number of carboxylic acid groups (broad SMARTS) is 1. The second-order valence-electron chi connectivity index (χ2n) is 3.20. The van der Waals surface area contributed by atoms with Crippen LogP contribution in [-0.4, -0.2) is 20.7 Å². The number of aromatic nitrogens is 1. The van der Waals surface area contributed by atoms with E-state index in [2.05, 4.69) is 0 Å². The first-order chi connectivity index (χ1) is 7.04. The highest BCUT2D eigenvalue weighted by molar-refractivity contribution is 6.35. The minimum atomic E-state index is -1.10. The van der Waals surface area contributed by atoms with Gasteiger partial charge < -0.3 is 14.8 Å². The van der Waals surface area contributed by atoms with Crippen LogP contribution in [0.3, 0.4) is 0 Å². The summed E-state index contributed by atoms with van der Waals surface area (Å²) in [6.45, 7) is 0. The van der Waals surface area contributed by atoms with E-state index in [4.69, 9.17) is 16.7 Å². The van der Waals surface area contributed by atoms with Crippen molar-refractivity contribution in [1.82, 2.24) is 4.57 Å². The summed E-state index contributed by atoms with van der Waals surface area (Å²) in [5.41, 5.74) is 0.449. The van der Waals surface area contributed by atoms with E-state index in [-0.39, 0.29) is 16.5 Å². The number of hydrogen-bond acceptors (Lipinski definition) is 2. The molecule has 0 unspecified atom stereocenters. The van der Waals surface area contributed by atoms with E-state index >= 15 is 0 Å². The maximum absolute atomic E-state index is 11.0. The number of para-hydroxylation sites is 1. The normalized spacial score (nSPS) is 10.8. The van der Waals surface area contributed by atoms with Gasteiger partial charge in [-0.2, -0.15) is 0 Å². The summed E-state index contributed by atoms with van der Waals surface area (Å²) in [6, 6.07) is 4.69.